The van der Waals surface area contributed by atoms with E-state index in [1.165, 1.54) is 18.2 Å². The maximum atomic E-state index is 13.5. The van der Waals surface area contributed by atoms with E-state index < -0.39 is 24.5 Å². The van der Waals surface area contributed by atoms with Gasteiger partial charge < -0.3 is 5.73 Å². The third-order valence-corrected chi connectivity index (χ3v) is 2.73. The Labute approximate surface area is 111 Å². The summed E-state index contributed by atoms with van der Waals surface area (Å²) in [6.07, 6.45) is -5.60. The summed E-state index contributed by atoms with van der Waals surface area (Å²) in [6.45, 7) is 0. The summed E-state index contributed by atoms with van der Waals surface area (Å²) in [5.41, 5.74) is 5.61. The molecule has 7 heteroatoms. The van der Waals surface area contributed by atoms with Gasteiger partial charge in [-0.2, -0.15) is 13.2 Å². The standard InChI is InChI=1S/C10H10BrF4N.ClH/c11-7-3-1-2-6(9(7)12)8(16)4-5-10(13,14)15;/h1-3,8H,4-5,16H2;1H/t8-;/m1./s1. The van der Waals surface area contributed by atoms with Crippen molar-refractivity contribution < 1.29 is 17.6 Å². The molecule has 0 heterocycles. The Kier molecular flexibility index (Phi) is 6.43. The van der Waals surface area contributed by atoms with Gasteiger partial charge in [-0.15, -0.1) is 12.4 Å². The fourth-order valence-electron chi connectivity index (χ4n) is 1.28. The van der Waals surface area contributed by atoms with E-state index in [-0.39, 0.29) is 28.9 Å². The summed E-state index contributed by atoms with van der Waals surface area (Å²) in [6, 6.07) is 3.45. The highest BCUT2D eigenvalue weighted by Crippen LogP contribution is 2.29. The van der Waals surface area contributed by atoms with Crippen LogP contribution in [0.25, 0.3) is 0 Å². The normalized spacial score (nSPS) is 13.1. The van der Waals surface area contributed by atoms with Crippen LogP contribution in [-0.2, 0) is 0 Å². The van der Waals surface area contributed by atoms with Crippen LogP contribution in [0.3, 0.4) is 0 Å². The SMILES string of the molecule is Cl.N[C@H](CCC(F)(F)F)c1cccc(Br)c1F. The molecule has 0 spiro atoms. The quantitative estimate of drug-likeness (QED) is 0.816. The van der Waals surface area contributed by atoms with Gasteiger partial charge in [-0.3, -0.25) is 0 Å². The van der Waals surface area contributed by atoms with E-state index in [0.29, 0.717) is 0 Å². The lowest BCUT2D eigenvalue weighted by atomic mass is 10.0. The molecule has 0 aliphatic rings. The number of rotatable bonds is 3. The lowest BCUT2D eigenvalue weighted by Crippen LogP contribution is -2.17. The molecule has 0 aromatic heterocycles. The highest BCUT2D eigenvalue weighted by Gasteiger charge is 2.28. The molecule has 0 amide bonds. The van der Waals surface area contributed by atoms with Crippen molar-refractivity contribution in [1.82, 2.24) is 0 Å². The molecule has 1 nitrogen and oxygen atoms in total. The van der Waals surface area contributed by atoms with Crippen LogP contribution < -0.4 is 5.73 Å². The number of benzene rings is 1. The molecule has 0 bridgehead atoms. The second kappa shape index (κ2) is 6.56. The molecule has 1 aromatic carbocycles. The van der Waals surface area contributed by atoms with Gasteiger partial charge in [0.05, 0.1) is 4.47 Å². The number of halogens is 6. The Morgan fingerprint density at radius 2 is 1.88 bits per heavy atom. The van der Waals surface area contributed by atoms with Crippen LogP contribution in [0.2, 0.25) is 0 Å². The molecule has 0 unspecified atom stereocenters. The average Bonchev–Trinajstić information content (AvgIpc) is 2.17. The van der Waals surface area contributed by atoms with E-state index in [0.717, 1.165) is 0 Å². The van der Waals surface area contributed by atoms with E-state index in [1.54, 1.807) is 0 Å². The second-order valence-corrected chi connectivity index (χ2v) is 4.26. The number of hydrogen-bond acceptors (Lipinski definition) is 1. The van der Waals surface area contributed by atoms with Gasteiger partial charge in [0.2, 0.25) is 0 Å². The van der Waals surface area contributed by atoms with E-state index in [1.807, 2.05) is 0 Å². The van der Waals surface area contributed by atoms with Gasteiger partial charge in [-0.05, 0) is 28.4 Å². The molecule has 0 radical (unpaired) electrons. The van der Waals surface area contributed by atoms with Crippen LogP contribution in [0, 0.1) is 5.82 Å². The van der Waals surface area contributed by atoms with E-state index in [2.05, 4.69) is 15.9 Å². The van der Waals surface area contributed by atoms with E-state index in [9.17, 15) is 17.6 Å². The minimum absolute atomic E-state index is 0. The predicted molar refractivity (Wildman–Crippen MR) is 63.6 cm³/mol. The Balaban J connectivity index is 0.00000256. The maximum Gasteiger partial charge on any atom is 0.389 e. The third-order valence-electron chi connectivity index (χ3n) is 2.12. The summed E-state index contributed by atoms with van der Waals surface area (Å²) in [5, 5.41) is 0. The molecule has 98 valence electrons. The van der Waals surface area contributed by atoms with Crippen LogP contribution in [0.15, 0.2) is 22.7 Å². The van der Waals surface area contributed by atoms with Gasteiger partial charge in [-0.1, -0.05) is 12.1 Å². The van der Waals surface area contributed by atoms with Crippen molar-refractivity contribution >= 4 is 28.3 Å². The summed E-state index contributed by atoms with van der Waals surface area (Å²) in [7, 11) is 0. The fraction of sp³-hybridized carbons (Fsp3) is 0.400. The van der Waals surface area contributed by atoms with Crippen molar-refractivity contribution in [2.45, 2.75) is 25.1 Å². The van der Waals surface area contributed by atoms with Crippen molar-refractivity contribution in [3.8, 4) is 0 Å². The predicted octanol–water partition coefficient (Wildman–Crippen LogP) is 4.35. The molecular formula is C10H11BrClF4N. The molecule has 1 atom stereocenters. The summed E-state index contributed by atoms with van der Waals surface area (Å²) in [5.74, 6) is -0.600. The van der Waals surface area contributed by atoms with Crippen LogP contribution in [0.4, 0.5) is 17.6 Å². The zero-order valence-corrected chi connectivity index (χ0v) is 11.0. The first-order valence-electron chi connectivity index (χ1n) is 4.57. The first kappa shape index (κ1) is 16.7. The van der Waals surface area contributed by atoms with Gasteiger partial charge >= 0.3 is 6.18 Å². The Hall–Kier alpha value is -0.330. The summed E-state index contributed by atoms with van der Waals surface area (Å²) < 4.78 is 49.5. The van der Waals surface area contributed by atoms with Crippen LogP contribution in [0.5, 0.6) is 0 Å². The maximum absolute atomic E-state index is 13.5. The van der Waals surface area contributed by atoms with Crippen molar-refractivity contribution in [1.29, 1.82) is 0 Å². The van der Waals surface area contributed by atoms with Crippen molar-refractivity contribution in [3.63, 3.8) is 0 Å². The first-order chi connectivity index (χ1) is 7.31. The van der Waals surface area contributed by atoms with Gasteiger partial charge in [0.15, 0.2) is 0 Å². The minimum atomic E-state index is -4.26. The number of nitrogens with two attached hydrogens (primary N) is 1. The molecule has 0 saturated carbocycles. The molecule has 0 fully saturated rings. The summed E-state index contributed by atoms with van der Waals surface area (Å²) in [4.78, 5) is 0. The smallest absolute Gasteiger partial charge is 0.324 e. The largest absolute Gasteiger partial charge is 0.389 e. The van der Waals surface area contributed by atoms with Gasteiger partial charge in [0.25, 0.3) is 0 Å². The van der Waals surface area contributed by atoms with Crippen molar-refractivity contribution in [2.75, 3.05) is 0 Å². The molecular weight excluding hydrogens is 325 g/mol. The molecule has 0 aliphatic heterocycles. The van der Waals surface area contributed by atoms with Crippen LogP contribution in [-0.4, -0.2) is 6.18 Å². The third kappa shape index (κ3) is 5.23. The molecule has 1 rings (SSSR count). The van der Waals surface area contributed by atoms with Gasteiger partial charge in [-0.25, -0.2) is 4.39 Å². The second-order valence-electron chi connectivity index (χ2n) is 3.40. The Morgan fingerprint density at radius 3 is 2.41 bits per heavy atom. The van der Waals surface area contributed by atoms with Crippen LogP contribution in [0.1, 0.15) is 24.4 Å². The zero-order chi connectivity index (χ0) is 12.3. The van der Waals surface area contributed by atoms with Gasteiger partial charge in [0.1, 0.15) is 5.82 Å². The fourth-order valence-corrected chi connectivity index (χ4v) is 1.66. The minimum Gasteiger partial charge on any atom is -0.324 e. The highest BCUT2D eigenvalue weighted by molar-refractivity contribution is 9.10. The van der Waals surface area contributed by atoms with Crippen molar-refractivity contribution in [3.05, 3.63) is 34.1 Å². The molecule has 17 heavy (non-hydrogen) atoms. The molecule has 0 saturated heterocycles. The zero-order valence-electron chi connectivity index (χ0n) is 8.60. The monoisotopic (exact) mass is 335 g/mol. The van der Waals surface area contributed by atoms with Crippen LogP contribution >= 0.6 is 28.3 Å². The molecule has 0 aliphatic carbocycles. The Morgan fingerprint density at radius 1 is 1.29 bits per heavy atom. The molecule has 2 N–H and O–H groups in total. The molecule has 1 aromatic rings. The lowest BCUT2D eigenvalue weighted by Gasteiger charge is -2.14. The van der Waals surface area contributed by atoms with Gasteiger partial charge in [0, 0.05) is 18.0 Å². The number of hydrogen-bond donors (Lipinski definition) is 1. The Bertz CT molecular complexity index is 370. The highest BCUT2D eigenvalue weighted by atomic mass is 79.9. The van der Waals surface area contributed by atoms with Crippen molar-refractivity contribution in [2.24, 2.45) is 5.73 Å². The van der Waals surface area contributed by atoms with E-state index >= 15 is 0 Å². The van der Waals surface area contributed by atoms with E-state index in [4.69, 9.17) is 5.73 Å². The summed E-state index contributed by atoms with van der Waals surface area (Å²) >= 11 is 2.95. The topological polar surface area (TPSA) is 26.0 Å². The lowest BCUT2D eigenvalue weighted by molar-refractivity contribution is -0.136. The first-order valence-corrected chi connectivity index (χ1v) is 5.37. The average molecular weight is 337 g/mol. The number of alkyl halides is 3.